The smallest absolute Gasteiger partial charge is 0.174 e. The zero-order valence-corrected chi connectivity index (χ0v) is 11.6. The number of morpholine rings is 1. The first-order valence-electron chi connectivity index (χ1n) is 5.90. The minimum atomic E-state index is 0.0709. The first-order valence-corrected chi connectivity index (χ1v) is 6.69. The van der Waals surface area contributed by atoms with Crippen molar-refractivity contribution < 1.29 is 9.47 Å². The van der Waals surface area contributed by atoms with Crippen molar-refractivity contribution >= 4 is 15.9 Å². The first-order chi connectivity index (χ1) is 8.79. The van der Waals surface area contributed by atoms with E-state index >= 15 is 0 Å². The van der Waals surface area contributed by atoms with Gasteiger partial charge in [-0.25, -0.2) is 0 Å². The van der Waals surface area contributed by atoms with Crippen molar-refractivity contribution in [2.45, 2.75) is 12.5 Å². The van der Waals surface area contributed by atoms with Gasteiger partial charge in [-0.1, -0.05) is 22.0 Å². The molecule has 1 aliphatic rings. The Morgan fingerprint density at radius 3 is 3.11 bits per heavy atom. The molecule has 1 atom stereocenters. The molecule has 0 aromatic heterocycles. The van der Waals surface area contributed by atoms with Gasteiger partial charge in [-0.2, -0.15) is 5.26 Å². The van der Waals surface area contributed by atoms with Crippen LogP contribution in [0.5, 0.6) is 5.75 Å². The molecule has 0 bridgehead atoms. The SMILES string of the molecule is N#CCOc1ccc(C[C@@H]2CNCCO2)c(Br)c1. The summed E-state index contributed by atoms with van der Waals surface area (Å²) in [7, 11) is 0. The van der Waals surface area contributed by atoms with Gasteiger partial charge >= 0.3 is 0 Å². The molecule has 1 fully saturated rings. The van der Waals surface area contributed by atoms with Crippen LogP contribution in [0.1, 0.15) is 5.56 Å². The molecule has 0 unspecified atom stereocenters. The highest BCUT2D eigenvalue weighted by Crippen LogP contribution is 2.24. The van der Waals surface area contributed by atoms with Crippen molar-refractivity contribution in [2.75, 3.05) is 26.3 Å². The predicted octanol–water partition coefficient (Wildman–Crippen LogP) is 1.88. The highest BCUT2D eigenvalue weighted by atomic mass is 79.9. The molecule has 5 heteroatoms. The average molecular weight is 311 g/mol. The lowest BCUT2D eigenvalue weighted by Crippen LogP contribution is -2.39. The van der Waals surface area contributed by atoms with Crippen LogP contribution in [0.3, 0.4) is 0 Å². The Kier molecular flexibility index (Phi) is 5.00. The highest BCUT2D eigenvalue weighted by Gasteiger charge is 2.15. The molecule has 1 heterocycles. The van der Waals surface area contributed by atoms with E-state index in [2.05, 4.69) is 21.2 Å². The summed E-state index contributed by atoms with van der Waals surface area (Å²) in [4.78, 5) is 0. The summed E-state index contributed by atoms with van der Waals surface area (Å²) < 4.78 is 11.9. The van der Waals surface area contributed by atoms with E-state index in [-0.39, 0.29) is 12.7 Å². The monoisotopic (exact) mass is 310 g/mol. The fourth-order valence-electron chi connectivity index (χ4n) is 1.90. The summed E-state index contributed by atoms with van der Waals surface area (Å²) in [6.07, 6.45) is 1.09. The zero-order valence-electron chi connectivity index (χ0n) is 9.99. The Morgan fingerprint density at radius 1 is 1.56 bits per heavy atom. The van der Waals surface area contributed by atoms with Crippen LogP contribution in [0.4, 0.5) is 0 Å². The van der Waals surface area contributed by atoms with Gasteiger partial charge in [0, 0.05) is 24.0 Å². The predicted molar refractivity (Wildman–Crippen MR) is 71.6 cm³/mol. The molecule has 1 saturated heterocycles. The second-order valence-electron chi connectivity index (χ2n) is 4.10. The quantitative estimate of drug-likeness (QED) is 0.922. The maximum Gasteiger partial charge on any atom is 0.174 e. The molecule has 18 heavy (non-hydrogen) atoms. The van der Waals surface area contributed by atoms with E-state index in [1.54, 1.807) is 0 Å². The van der Waals surface area contributed by atoms with Gasteiger partial charge in [-0.3, -0.25) is 0 Å². The lowest BCUT2D eigenvalue weighted by Gasteiger charge is -2.24. The van der Waals surface area contributed by atoms with Gasteiger partial charge < -0.3 is 14.8 Å². The number of halogens is 1. The molecule has 0 radical (unpaired) electrons. The van der Waals surface area contributed by atoms with Gasteiger partial charge in [0.15, 0.2) is 6.61 Å². The lowest BCUT2D eigenvalue weighted by molar-refractivity contribution is 0.0291. The van der Waals surface area contributed by atoms with E-state index in [1.165, 1.54) is 5.56 Å². The average Bonchev–Trinajstić information content (AvgIpc) is 2.40. The number of ether oxygens (including phenoxy) is 2. The molecule has 1 N–H and O–H groups in total. The van der Waals surface area contributed by atoms with Gasteiger partial charge in [0.1, 0.15) is 11.8 Å². The fraction of sp³-hybridized carbons (Fsp3) is 0.462. The minimum Gasteiger partial charge on any atom is -0.479 e. The van der Waals surface area contributed by atoms with E-state index < -0.39 is 0 Å². The number of nitrogens with one attached hydrogen (secondary N) is 1. The summed E-state index contributed by atoms with van der Waals surface area (Å²) >= 11 is 3.53. The second-order valence-corrected chi connectivity index (χ2v) is 4.96. The Hall–Kier alpha value is -1.09. The molecular formula is C13H15BrN2O2. The number of hydrogen-bond acceptors (Lipinski definition) is 4. The molecule has 1 aromatic rings. The molecule has 1 aromatic carbocycles. The molecule has 0 aliphatic carbocycles. The molecule has 2 rings (SSSR count). The van der Waals surface area contributed by atoms with Crippen LogP contribution >= 0.6 is 15.9 Å². The van der Waals surface area contributed by atoms with Crippen LogP contribution < -0.4 is 10.1 Å². The second kappa shape index (κ2) is 6.74. The number of hydrogen-bond donors (Lipinski definition) is 1. The minimum absolute atomic E-state index is 0.0709. The Morgan fingerprint density at radius 2 is 2.44 bits per heavy atom. The zero-order chi connectivity index (χ0) is 12.8. The summed E-state index contributed by atoms with van der Waals surface area (Å²) in [6, 6.07) is 7.73. The summed E-state index contributed by atoms with van der Waals surface area (Å²) in [5, 5.41) is 11.8. The van der Waals surface area contributed by atoms with Crippen LogP contribution in [-0.2, 0) is 11.2 Å². The summed E-state index contributed by atoms with van der Waals surface area (Å²) in [6.45, 7) is 2.66. The van der Waals surface area contributed by atoms with Crippen molar-refractivity contribution in [3.8, 4) is 11.8 Å². The van der Waals surface area contributed by atoms with Gasteiger partial charge in [0.25, 0.3) is 0 Å². The normalized spacial score (nSPS) is 19.2. The van der Waals surface area contributed by atoms with Crippen LogP contribution in [-0.4, -0.2) is 32.4 Å². The third-order valence-corrected chi connectivity index (χ3v) is 3.52. The van der Waals surface area contributed by atoms with Crippen LogP contribution in [0.15, 0.2) is 22.7 Å². The molecule has 4 nitrogen and oxygen atoms in total. The van der Waals surface area contributed by atoms with E-state index in [1.807, 2.05) is 24.3 Å². The first kappa shape index (κ1) is 13.3. The Balaban J connectivity index is 1.98. The van der Waals surface area contributed by atoms with Gasteiger partial charge in [0.05, 0.1) is 12.7 Å². The van der Waals surface area contributed by atoms with Gasteiger partial charge in [0.2, 0.25) is 0 Å². The largest absolute Gasteiger partial charge is 0.479 e. The fourth-order valence-corrected chi connectivity index (χ4v) is 2.41. The molecular weight excluding hydrogens is 296 g/mol. The molecule has 1 aliphatic heterocycles. The van der Waals surface area contributed by atoms with Crippen molar-refractivity contribution in [1.82, 2.24) is 5.32 Å². The topological polar surface area (TPSA) is 54.3 Å². The van der Waals surface area contributed by atoms with Crippen molar-refractivity contribution in [3.05, 3.63) is 28.2 Å². The maximum absolute atomic E-state index is 8.46. The molecule has 96 valence electrons. The number of benzene rings is 1. The van der Waals surface area contributed by atoms with Crippen molar-refractivity contribution in [1.29, 1.82) is 5.26 Å². The third kappa shape index (κ3) is 3.70. The van der Waals surface area contributed by atoms with Crippen LogP contribution in [0.2, 0.25) is 0 Å². The summed E-state index contributed by atoms with van der Waals surface area (Å²) in [5.74, 6) is 0.704. The summed E-state index contributed by atoms with van der Waals surface area (Å²) in [5.41, 5.74) is 1.19. The van der Waals surface area contributed by atoms with Crippen LogP contribution in [0.25, 0.3) is 0 Å². The molecule has 0 amide bonds. The number of nitrogens with zero attached hydrogens (tertiary/aromatic N) is 1. The molecule has 0 spiro atoms. The Labute approximate surface area is 115 Å². The van der Waals surface area contributed by atoms with E-state index in [4.69, 9.17) is 14.7 Å². The Bertz CT molecular complexity index is 439. The van der Waals surface area contributed by atoms with Crippen molar-refractivity contribution in [3.63, 3.8) is 0 Å². The number of nitriles is 1. The standard InChI is InChI=1S/C13H15BrN2O2/c14-13-8-11(17-5-3-15)2-1-10(13)7-12-9-16-4-6-18-12/h1-2,8,12,16H,4-7,9H2/t12-/m1/s1. The van der Waals surface area contributed by atoms with E-state index in [0.29, 0.717) is 5.75 Å². The maximum atomic E-state index is 8.46. The third-order valence-electron chi connectivity index (χ3n) is 2.78. The highest BCUT2D eigenvalue weighted by molar-refractivity contribution is 9.10. The van der Waals surface area contributed by atoms with Crippen LogP contribution in [0, 0.1) is 11.3 Å². The van der Waals surface area contributed by atoms with E-state index in [9.17, 15) is 0 Å². The lowest BCUT2D eigenvalue weighted by atomic mass is 10.1. The van der Waals surface area contributed by atoms with Gasteiger partial charge in [-0.05, 0) is 17.7 Å². The van der Waals surface area contributed by atoms with Gasteiger partial charge in [-0.15, -0.1) is 0 Å². The molecule has 0 saturated carbocycles. The van der Waals surface area contributed by atoms with E-state index in [0.717, 1.165) is 30.6 Å². The number of rotatable bonds is 4. The van der Waals surface area contributed by atoms with Crippen molar-refractivity contribution in [2.24, 2.45) is 0 Å².